The fourth-order valence-corrected chi connectivity index (χ4v) is 5.19. The highest BCUT2D eigenvalue weighted by molar-refractivity contribution is 8.13. The Bertz CT molecular complexity index is 779. The van der Waals surface area contributed by atoms with Crippen LogP contribution in [0.2, 0.25) is 0 Å². The van der Waals surface area contributed by atoms with Gasteiger partial charge >= 0.3 is 0 Å². The third-order valence-corrected chi connectivity index (χ3v) is 6.99. The van der Waals surface area contributed by atoms with Gasteiger partial charge in [-0.05, 0) is 48.0 Å². The van der Waals surface area contributed by atoms with Gasteiger partial charge in [0.25, 0.3) is 0 Å². The summed E-state index contributed by atoms with van der Waals surface area (Å²) < 4.78 is 0. The highest BCUT2D eigenvalue weighted by atomic mass is 32.2. The summed E-state index contributed by atoms with van der Waals surface area (Å²) in [5.74, 6) is 1.14. The third kappa shape index (κ3) is 6.60. The first kappa shape index (κ1) is 21.9. The van der Waals surface area contributed by atoms with Gasteiger partial charge in [0.2, 0.25) is 0 Å². The van der Waals surface area contributed by atoms with E-state index < -0.39 is 0 Å². The van der Waals surface area contributed by atoms with E-state index in [1.165, 1.54) is 60.8 Å². The van der Waals surface area contributed by atoms with Crippen molar-refractivity contribution in [3.63, 3.8) is 0 Å². The summed E-state index contributed by atoms with van der Waals surface area (Å²) in [6, 6.07) is 21.3. The van der Waals surface area contributed by atoms with Crippen molar-refractivity contribution in [1.29, 1.82) is 0 Å². The largest absolute Gasteiger partial charge is 0.287 e. The summed E-state index contributed by atoms with van der Waals surface area (Å²) in [7, 11) is 0. The number of unbranched alkanes of at least 4 members (excludes halogenated alkanes) is 5. The molecule has 154 valence electrons. The van der Waals surface area contributed by atoms with Gasteiger partial charge in [0.1, 0.15) is 0 Å². The van der Waals surface area contributed by atoms with Crippen molar-refractivity contribution in [3.05, 3.63) is 71.8 Å². The maximum Gasteiger partial charge on any atom is 0.192 e. The first-order valence-electron chi connectivity index (χ1n) is 11.3. The van der Waals surface area contributed by atoms with Crippen molar-refractivity contribution in [3.8, 4) is 0 Å². The fraction of sp³-hybridized carbons (Fsp3) is 0.444. The molecule has 0 saturated heterocycles. The van der Waals surface area contributed by atoms with E-state index in [0.717, 1.165) is 25.0 Å². The topological polar surface area (TPSA) is 17.1 Å². The highest BCUT2D eigenvalue weighted by Gasteiger charge is 2.27. The summed E-state index contributed by atoms with van der Waals surface area (Å²) in [4.78, 5) is 12.9. The number of carbonyl (C=O) groups is 1. The summed E-state index contributed by atoms with van der Waals surface area (Å²) in [5.41, 5.74) is 5.35. The molecule has 0 spiro atoms. The van der Waals surface area contributed by atoms with Gasteiger partial charge in [-0.15, -0.1) is 0 Å². The average molecular weight is 407 g/mol. The Balaban J connectivity index is 1.62. The van der Waals surface area contributed by atoms with Gasteiger partial charge in [0.05, 0.1) is 0 Å². The van der Waals surface area contributed by atoms with Crippen LogP contribution < -0.4 is 0 Å². The molecule has 1 nitrogen and oxygen atoms in total. The average Bonchev–Trinajstić information content (AvgIpc) is 2.79. The molecule has 0 heterocycles. The lowest BCUT2D eigenvalue weighted by Gasteiger charge is -2.27. The third-order valence-electron chi connectivity index (χ3n) is 5.88. The zero-order valence-electron chi connectivity index (χ0n) is 17.7. The molecule has 0 aromatic heterocycles. The standard InChI is InChI=1S/C27H34OS/c1-2-3-4-5-6-13-20-29-27(28)24-18-19-25(22-14-9-7-10-15-22)26(21-24)23-16-11-8-12-17-23/h7-12,14-17,24H,2-6,13,18-21H2,1H3. The molecule has 0 fully saturated rings. The van der Waals surface area contributed by atoms with Gasteiger partial charge in [-0.2, -0.15) is 0 Å². The minimum Gasteiger partial charge on any atom is -0.287 e. The molecule has 2 aromatic rings. The Morgan fingerprint density at radius 2 is 1.41 bits per heavy atom. The number of carbonyl (C=O) groups excluding carboxylic acids is 1. The van der Waals surface area contributed by atoms with Gasteiger partial charge in [-0.1, -0.05) is 111 Å². The predicted octanol–water partition coefficient (Wildman–Crippen LogP) is 8.02. The van der Waals surface area contributed by atoms with Crippen molar-refractivity contribution in [1.82, 2.24) is 0 Å². The van der Waals surface area contributed by atoms with Crippen LogP contribution in [0.5, 0.6) is 0 Å². The Hall–Kier alpha value is -1.80. The molecule has 0 N–H and O–H groups in total. The number of hydrogen-bond donors (Lipinski definition) is 0. The van der Waals surface area contributed by atoms with Crippen LogP contribution in [0.4, 0.5) is 0 Å². The van der Waals surface area contributed by atoms with E-state index in [1.54, 1.807) is 11.8 Å². The van der Waals surface area contributed by atoms with Gasteiger partial charge in [0, 0.05) is 11.7 Å². The van der Waals surface area contributed by atoms with Crippen LogP contribution >= 0.6 is 11.8 Å². The Morgan fingerprint density at radius 3 is 2.07 bits per heavy atom. The molecule has 2 aromatic carbocycles. The molecule has 1 aliphatic carbocycles. The van der Waals surface area contributed by atoms with Crippen LogP contribution in [0.1, 0.15) is 75.8 Å². The molecular weight excluding hydrogens is 372 g/mol. The molecular formula is C27H34OS. The molecule has 0 saturated carbocycles. The van der Waals surface area contributed by atoms with Crippen LogP contribution in [-0.2, 0) is 4.79 Å². The zero-order chi connectivity index (χ0) is 20.3. The molecule has 1 aliphatic rings. The van der Waals surface area contributed by atoms with Crippen molar-refractivity contribution in [2.75, 3.05) is 5.75 Å². The lowest BCUT2D eigenvalue weighted by Crippen LogP contribution is -2.17. The first-order valence-corrected chi connectivity index (χ1v) is 12.3. The highest BCUT2D eigenvalue weighted by Crippen LogP contribution is 2.42. The number of allylic oxidation sites excluding steroid dienone is 2. The second kappa shape index (κ2) is 12.0. The Morgan fingerprint density at radius 1 is 0.828 bits per heavy atom. The summed E-state index contributed by atoms with van der Waals surface area (Å²) >= 11 is 1.58. The van der Waals surface area contributed by atoms with Gasteiger partial charge in [-0.25, -0.2) is 0 Å². The SMILES string of the molecule is CCCCCCCCSC(=O)C1CCC(c2ccccc2)=C(c2ccccc2)C1. The number of thioether (sulfide) groups is 1. The predicted molar refractivity (Wildman–Crippen MR) is 128 cm³/mol. The smallest absolute Gasteiger partial charge is 0.192 e. The fourth-order valence-electron chi connectivity index (χ4n) is 4.20. The molecule has 0 radical (unpaired) electrons. The normalized spacial score (nSPS) is 16.8. The van der Waals surface area contributed by atoms with E-state index in [0.29, 0.717) is 5.12 Å². The van der Waals surface area contributed by atoms with Crippen LogP contribution in [0.15, 0.2) is 60.7 Å². The molecule has 0 bridgehead atoms. The van der Waals surface area contributed by atoms with E-state index in [-0.39, 0.29) is 5.92 Å². The lowest BCUT2D eigenvalue weighted by molar-refractivity contribution is -0.114. The number of rotatable bonds is 10. The van der Waals surface area contributed by atoms with Crippen molar-refractivity contribution >= 4 is 28.0 Å². The second-order valence-corrected chi connectivity index (χ2v) is 9.16. The van der Waals surface area contributed by atoms with Gasteiger partial charge in [-0.3, -0.25) is 4.79 Å². The second-order valence-electron chi connectivity index (χ2n) is 8.06. The van der Waals surface area contributed by atoms with E-state index in [2.05, 4.69) is 67.6 Å². The minimum atomic E-state index is 0.155. The maximum absolute atomic E-state index is 12.9. The van der Waals surface area contributed by atoms with Gasteiger partial charge < -0.3 is 0 Å². The number of hydrogen-bond acceptors (Lipinski definition) is 2. The van der Waals surface area contributed by atoms with E-state index in [4.69, 9.17) is 0 Å². The lowest BCUT2D eigenvalue weighted by atomic mass is 9.79. The summed E-state index contributed by atoms with van der Waals surface area (Å²) in [6.07, 6.45) is 10.5. The molecule has 29 heavy (non-hydrogen) atoms. The summed E-state index contributed by atoms with van der Waals surface area (Å²) in [6.45, 7) is 2.25. The minimum absolute atomic E-state index is 0.155. The molecule has 0 amide bonds. The molecule has 1 unspecified atom stereocenters. The van der Waals surface area contributed by atoms with E-state index in [9.17, 15) is 4.79 Å². The van der Waals surface area contributed by atoms with Crippen molar-refractivity contribution in [2.45, 2.75) is 64.7 Å². The Kier molecular flexibility index (Phi) is 9.08. The quantitative estimate of drug-likeness (QED) is 0.372. The van der Waals surface area contributed by atoms with E-state index in [1.807, 2.05) is 0 Å². The zero-order valence-corrected chi connectivity index (χ0v) is 18.6. The van der Waals surface area contributed by atoms with Crippen LogP contribution in [0.25, 0.3) is 11.1 Å². The van der Waals surface area contributed by atoms with Crippen molar-refractivity contribution < 1.29 is 4.79 Å². The number of benzene rings is 2. The Labute approximate surface area is 181 Å². The summed E-state index contributed by atoms with van der Waals surface area (Å²) in [5, 5.41) is 0.402. The molecule has 0 aliphatic heterocycles. The van der Waals surface area contributed by atoms with Crippen molar-refractivity contribution in [2.24, 2.45) is 5.92 Å². The molecule has 3 rings (SSSR count). The van der Waals surface area contributed by atoms with Crippen LogP contribution in [0, 0.1) is 5.92 Å². The molecule has 2 heteroatoms. The van der Waals surface area contributed by atoms with E-state index >= 15 is 0 Å². The maximum atomic E-state index is 12.9. The van der Waals surface area contributed by atoms with Crippen LogP contribution in [-0.4, -0.2) is 10.9 Å². The monoisotopic (exact) mass is 406 g/mol. The van der Waals surface area contributed by atoms with Gasteiger partial charge in [0.15, 0.2) is 5.12 Å². The first-order chi connectivity index (χ1) is 14.3. The van der Waals surface area contributed by atoms with Crippen LogP contribution in [0.3, 0.4) is 0 Å². The molecule has 1 atom stereocenters.